The third-order valence-corrected chi connectivity index (χ3v) is 5.67. The number of hydrogen-bond donors (Lipinski definition) is 0. The van der Waals surface area contributed by atoms with Crippen molar-refractivity contribution in [1.29, 1.82) is 0 Å². The van der Waals surface area contributed by atoms with Gasteiger partial charge in [0.1, 0.15) is 5.60 Å². The Hall–Kier alpha value is -2.35. The fourth-order valence-electron chi connectivity index (χ4n) is 2.55. The Bertz CT molecular complexity index is 813. The molecule has 0 spiro atoms. The average Bonchev–Trinajstić information content (AvgIpc) is 2.54. The Morgan fingerprint density at radius 1 is 0.923 bits per heavy atom. The number of carbonyl (C=O) groups is 1. The maximum absolute atomic E-state index is 12.2. The van der Waals surface area contributed by atoms with E-state index in [1.54, 1.807) is 0 Å². The van der Waals surface area contributed by atoms with E-state index in [1.807, 2.05) is 69.3 Å². The van der Waals surface area contributed by atoms with Gasteiger partial charge in [0, 0.05) is 0 Å². The monoisotopic (exact) mass is 364 g/mol. The van der Waals surface area contributed by atoms with Crippen LogP contribution < -0.4 is 0 Å². The van der Waals surface area contributed by atoms with E-state index in [0.29, 0.717) is 5.56 Å². The van der Waals surface area contributed by atoms with Crippen LogP contribution in [0.25, 0.3) is 11.3 Å². The van der Waals surface area contributed by atoms with Crippen LogP contribution in [0.15, 0.2) is 60.3 Å². The van der Waals surface area contributed by atoms with Crippen LogP contribution >= 0.6 is 0 Å². The topological polar surface area (TPSA) is 26.3 Å². The normalized spacial score (nSPS) is 11.5. The molecule has 0 atom stereocenters. The average molecular weight is 365 g/mol. The van der Waals surface area contributed by atoms with E-state index in [4.69, 9.17) is 4.74 Å². The van der Waals surface area contributed by atoms with E-state index < -0.39 is 13.7 Å². The van der Waals surface area contributed by atoms with Gasteiger partial charge in [0.25, 0.3) is 0 Å². The highest BCUT2D eigenvalue weighted by atomic mass is 28.3. The van der Waals surface area contributed by atoms with E-state index in [-0.39, 0.29) is 5.97 Å². The summed E-state index contributed by atoms with van der Waals surface area (Å²) in [4.78, 5) is 12.2. The van der Waals surface area contributed by atoms with Crippen molar-refractivity contribution in [1.82, 2.24) is 0 Å². The summed E-state index contributed by atoms with van der Waals surface area (Å²) in [5, 5.41) is 1.23. The van der Waals surface area contributed by atoms with Crippen molar-refractivity contribution in [2.45, 2.75) is 46.0 Å². The molecule has 136 valence electrons. The molecule has 26 heavy (non-hydrogen) atoms. The summed E-state index contributed by atoms with van der Waals surface area (Å²) in [6, 6.07) is 17.9. The summed E-state index contributed by atoms with van der Waals surface area (Å²) < 4.78 is 5.44. The van der Waals surface area contributed by atoms with Gasteiger partial charge < -0.3 is 4.74 Å². The standard InChI is InChI=1S/C23H28O2Si/c1-23(2,3)25-22(24)20-15-13-19(14-16-20)21(26(4,5)6)17-12-18-10-8-7-9-11-18/h7-16H,1-6H3. The first-order chi connectivity index (χ1) is 12.1. The van der Waals surface area contributed by atoms with Gasteiger partial charge in [-0.05, 0) is 55.3 Å². The van der Waals surface area contributed by atoms with Gasteiger partial charge >= 0.3 is 5.97 Å². The summed E-state index contributed by atoms with van der Waals surface area (Å²) >= 11 is 0. The highest BCUT2D eigenvalue weighted by Gasteiger charge is 2.22. The van der Waals surface area contributed by atoms with Crippen LogP contribution in [0.1, 0.15) is 42.3 Å². The molecule has 0 aliphatic heterocycles. The van der Waals surface area contributed by atoms with Crippen molar-refractivity contribution in [3.8, 4) is 0 Å². The first kappa shape index (κ1) is 20.0. The summed E-state index contributed by atoms with van der Waals surface area (Å²) in [6.45, 7) is 12.5. The fourth-order valence-corrected chi connectivity index (χ4v) is 4.09. The van der Waals surface area contributed by atoms with Gasteiger partial charge in [-0.1, -0.05) is 62.1 Å². The molecular weight excluding hydrogens is 336 g/mol. The van der Waals surface area contributed by atoms with Crippen LogP contribution in [0.3, 0.4) is 0 Å². The lowest BCUT2D eigenvalue weighted by Gasteiger charge is -2.21. The van der Waals surface area contributed by atoms with Gasteiger partial charge in [0.15, 0.2) is 0 Å². The summed E-state index contributed by atoms with van der Waals surface area (Å²) in [7, 11) is -1.61. The minimum atomic E-state index is -1.61. The second kappa shape index (κ2) is 7.90. The van der Waals surface area contributed by atoms with Crippen LogP contribution in [-0.4, -0.2) is 19.6 Å². The Balaban J connectivity index is 2.36. The summed E-state index contributed by atoms with van der Waals surface area (Å²) in [5.41, 5.74) is 5.85. The van der Waals surface area contributed by atoms with Gasteiger partial charge in [-0.2, -0.15) is 0 Å². The maximum atomic E-state index is 12.2. The first-order valence-corrected chi connectivity index (χ1v) is 12.4. The van der Waals surface area contributed by atoms with Crippen LogP contribution in [0, 0.1) is 0 Å². The van der Waals surface area contributed by atoms with E-state index in [2.05, 4.69) is 37.5 Å². The van der Waals surface area contributed by atoms with Crippen LogP contribution in [0.2, 0.25) is 19.6 Å². The van der Waals surface area contributed by atoms with E-state index in [1.165, 1.54) is 5.20 Å². The molecule has 0 fully saturated rings. The molecule has 0 unspecified atom stereocenters. The molecule has 0 aliphatic carbocycles. The number of esters is 1. The third-order valence-electron chi connectivity index (χ3n) is 3.74. The maximum Gasteiger partial charge on any atom is 0.338 e. The second-order valence-corrected chi connectivity index (χ2v) is 13.4. The van der Waals surface area contributed by atoms with Crippen molar-refractivity contribution in [2.75, 3.05) is 0 Å². The predicted molar refractivity (Wildman–Crippen MR) is 113 cm³/mol. The third kappa shape index (κ3) is 5.87. The molecule has 2 aromatic carbocycles. The number of ether oxygens (including phenoxy) is 1. The van der Waals surface area contributed by atoms with Crippen LogP contribution in [0.4, 0.5) is 0 Å². The van der Waals surface area contributed by atoms with Gasteiger partial charge in [0.05, 0.1) is 13.6 Å². The second-order valence-electron chi connectivity index (χ2n) is 8.40. The Kier molecular flexibility index (Phi) is 6.07. The predicted octanol–water partition coefficient (Wildman–Crippen LogP) is 6.22. The zero-order valence-electron chi connectivity index (χ0n) is 16.6. The minimum absolute atomic E-state index is 0.289. The summed E-state index contributed by atoms with van der Waals surface area (Å²) in [6.07, 6.45) is 2.04. The number of carbonyl (C=O) groups excluding carboxylic acids is 1. The number of hydrogen-bond acceptors (Lipinski definition) is 2. The van der Waals surface area contributed by atoms with Gasteiger partial charge in [-0.15, -0.1) is 5.73 Å². The molecule has 0 radical (unpaired) electrons. The molecule has 2 aromatic rings. The van der Waals surface area contributed by atoms with E-state index in [9.17, 15) is 4.79 Å². The zero-order chi connectivity index (χ0) is 19.4. The molecule has 0 heterocycles. The smallest absolute Gasteiger partial charge is 0.338 e. The zero-order valence-corrected chi connectivity index (χ0v) is 17.6. The molecule has 0 amide bonds. The molecule has 0 bridgehead atoms. The van der Waals surface area contributed by atoms with Crippen molar-refractivity contribution in [3.05, 3.63) is 77.0 Å². The number of benzene rings is 2. The van der Waals surface area contributed by atoms with Gasteiger partial charge in [-0.25, -0.2) is 4.79 Å². The molecule has 2 rings (SSSR count). The first-order valence-electron chi connectivity index (χ1n) is 8.92. The van der Waals surface area contributed by atoms with Crippen molar-refractivity contribution >= 4 is 25.3 Å². The highest BCUT2D eigenvalue weighted by molar-refractivity contribution is 6.93. The molecule has 0 saturated heterocycles. The molecular formula is C23H28O2Si. The summed E-state index contributed by atoms with van der Waals surface area (Å²) in [5.74, 6) is -0.289. The molecule has 0 saturated carbocycles. The SMILES string of the molecule is CC(C)(C)OC(=O)c1ccc(C(=C=Cc2ccccc2)[Si](C)(C)C)cc1. The van der Waals surface area contributed by atoms with Crippen molar-refractivity contribution in [3.63, 3.8) is 0 Å². The molecule has 0 N–H and O–H groups in total. The van der Waals surface area contributed by atoms with Crippen LogP contribution in [-0.2, 0) is 4.74 Å². The fraction of sp³-hybridized carbons (Fsp3) is 0.304. The van der Waals surface area contributed by atoms with E-state index in [0.717, 1.165) is 11.1 Å². The molecule has 0 aliphatic rings. The van der Waals surface area contributed by atoms with Crippen molar-refractivity contribution in [2.24, 2.45) is 0 Å². The molecule has 0 aromatic heterocycles. The van der Waals surface area contributed by atoms with Gasteiger partial charge in [-0.3, -0.25) is 0 Å². The van der Waals surface area contributed by atoms with Crippen molar-refractivity contribution < 1.29 is 9.53 Å². The molecule has 2 nitrogen and oxygen atoms in total. The van der Waals surface area contributed by atoms with E-state index >= 15 is 0 Å². The van der Waals surface area contributed by atoms with Crippen LogP contribution in [0.5, 0.6) is 0 Å². The number of rotatable bonds is 4. The lowest BCUT2D eigenvalue weighted by molar-refractivity contribution is 0.00695. The Morgan fingerprint density at radius 3 is 1.96 bits per heavy atom. The largest absolute Gasteiger partial charge is 0.456 e. The highest BCUT2D eigenvalue weighted by Crippen LogP contribution is 2.26. The lowest BCUT2D eigenvalue weighted by atomic mass is 10.1. The minimum Gasteiger partial charge on any atom is -0.456 e. The quantitative estimate of drug-likeness (QED) is 0.366. The Labute approximate surface area is 158 Å². The lowest BCUT2D eigenvalue weighted by Crippen LogP contribution is -2.24. The Morgan fingerprint density at radius 2 is 1.46 bits per heavy atom. The van der Waals surface area contributed by atoms with Gasteiger partial charge in [0.2, 0.25) is 0 Å². The molecule has 3 heteroatoms.